The molecule has 4 nitrogen and oxygen atoms in total. The van der Waals surface area contributed by atoms with Gasteiger partial charge in [-0.25, -0.2) is 4.98 Å². The molecule has 0 bridgehead atoms. The molecule has 3 rings (SSSR count). The highest BCUT2D eigenvalue weighted by Gasteiger charge is 2.22. The number of anilines is 1. The summed E-state index contributed by atoms with van der Waals surface area (Å²) in [7, 11) is 3.98. The van der Waals surface area contributed by atoms with Crippen LogP contribution in [0.1, 0.15) is 9.67 Å². The average Bonchev–Trinajstić information content (AvgIpc) is 3.12. The highest BCUT2D eigenvalue weighted by atomic mass is 79.9. The van der Waals surface area contributed by atoms with E-state index < -0.39 is 0 Å². The number of amides is 1. The fourth-order valence-corrected chi connectivity index (χ4v) is 4.75. The summed E-state index contributed by atoms with van der Waals surface area (Å²) in [6.07, 6.45) is 0. The fraction of sp³-hybridized carbons (Fsp3) is 0.250. The van der Waals surface area contributed by atoms with Gasteiger partial charge in [0.2, 0.25) is 0 Å². The zero-order valence-corrected chi connectivity index (χ0v) is 17.1. The predicted molar refractivity (Wildman–Crippen MR) is 107 cm³/mol. The molecule has 1 aromatic carbocycles. The Morgan fingerprint density at radius 3 is 2.67 bits per heavy atom. The van der Waals surface area contributed by atoms with Crippen LogP contribution in [0.15, 0.2) is 34.1 Å². The number of hydrogen-bond donors (Lipinski definition) is 0. The largest absolute Gasteiger partial charge is 0.308 e. The SMILES string of the molecule is CN(C)CCN(C(=O)c1ccc(Br)s1)c1nc2ccc(Cl)cc2s1. The second-order valence-corrected chi connectivity index (χ2v) is 9.38. The summed E-state index contributed by atoms with van der Waals surface area (Å²) in [6.45, 7) is 1.34. The topological polar surface area (TPSA) is 36.4 Å². The molecule has 0 N–H and O–H groups in total. The highest BCUT2D eigenvalue weighted by Crippen LogP contribution is 2.32. The lowest BCUT2D eigenvalue weighted by Gasteiger charge is -2.21. The van der Waals surface area contributed by atoms with Gasteiger partial charge in [0.15, 0.2) is 5.13 Å². The molecule has 2 heterocycles. The minimum Gasteiger partial charge on any atom is -0.308 e. The van der Waals surface area contributed by atoms with Crippen LogP contribution in [-0.2, 0) is 0 Å². The van der Waals surface area contributed by atoms with Crippen LogP contribution in [0.25, 0.3) is 10.2 Å². The molecule has 3 aromatic rings. The number of nitrogens with zero attached hydrogens (tertiary/aromatic N) is 3. The number of likely N-dealkylation sites (N-methyl/N-ethyl adjacent to an activating group) is 1. The molecule has 0 spiro atoms. The van der Waals surface area contributed by atoms with Crippen LogP contribution in [0.5, 0.6) is 0 Å². The third kappa shape index (κ3) is 3.97. The van der Waals surface area contributed by atoms with E-state index in [-0.39, 0.29) is 5.91 Å². The van der Waals surface area contributed by atoms with E-state index in [2.05, 4.69) is 25.8 Å². The molecule has 0 aliphatic rings. The van der Waals surface area contributed by atoms with Crippen LogP contribution in [0.4, 0.5) is 5.13 Å². The molecular formula is C16H15BrClN3OS2. The van der Waals surface area contributed by atoms with Crippen LogP contribution in [0.3, 0.4) is 0 Å². The van der Waals surface area contributed by atoms with Gasteiger partial charge >= 0.3 is 0 Å². The maximum Gasteiger partial charge on any atom is 0.270 e. The van der Waals surface area contributed by atoms with E-state index in [0.29, 0.717) is 21.6 Å². The molecular weight excluding hydrogens is 430 g/mol. The number of hydrogen-bond acceptors (Lipinski definition) is 5. The van der Waals surface area contributed by atoms with E-state index in [4.69, 9.17) is 11.6 Å². The van der Waals surface area contributed by atoms with E-state index in [1.807, 2.05) is 44.4 Å². The van der Waals surface area contributed by atoms with Gasteiger partial charge in [-0.15, -0.1) is 11.3 Å². The molecule has 0 saturated carbocycles. The first-order valence-corrected chi connectivity index (χ1v) is 10.0. The lowest BCUT2D eigenvalue weighted by molar-refractivity contribution is 0.0989. The number of carbonyl (C=O) groups excluding carboxylic acids is 1. The Bertz CT molecular complexity index is 877. The standard InChI is InChI=1S/C16H15BrClN3OS2/c1-20(2)7-8-21(15(22)12-5-6-14(17)23-12)16-19-11-4-3-10(18)9-13(11)24-16/h3-6,9H,7-8H2,1-2H3. The van der Waals surface area contributed by atoms with Crippen molar-refractivity contribution in [1.82, 2.24) is 9.88 Å². The first kappa shape index (κ1) is 17.8. The summed E-state index contributed by atoms with van der Waals surface area (Å²) in [6, 6.07) is 9.31. The third-order valence-corrected chi connectivity index (χ3v) is 6.26. The van der Waals surface area contributed by atoms with Gasteiger partial charge in [0, 0.05) is 18.1 Å². The normalized spacial score (nSPS) is 11.4. The molecule has 8 heteroatoms. The highest BCUT2D eigenvalue weighted by molar-refractivity contribution is 9.11. The van der Waals surface area contributed by atoms with Gasteiger partial charge in [-0.1, -0.05) is 22.9 Å². The lowest BCUT2D eigenvalue weighted by Crippen LogP contribution is -2.36. The monoisotopic (exact) mass is 443 g/mol. The van der Waals surface area contributed by atoms with Gasteiger partial charge < -0.3 is 4.90 Å². The average molecular weight is 445 g/mol. The summed E-state index contributed by atoms with van der Waals surface area (Å²) in [5.41, 5.74) is 0.856. The van der Waals surface area contributed by atoms with Crippen LogP contribution in [0.2, 0.25) is 5.02 Å². The number of benzene rings is 1. The first-order chi connectivity index (χ1) is 11.4. The van der Waals surface area contributed by atoms with Crippen LogP contribution < -0.4 is 4.90 Å². The third-order valence-electron chi connectivity index (χ3n) is 3.37. The van der Waals surface area contributed by atoms with E-state index >= 15 is 0 Å². The summed E-state index contributed by atoms with van der Waals surface area (Å²) >= 11 is 12.4. The van der Waals surface area contributed by atoms with E-state index in [1.54, 1.807) is 4.90 Å². The number of carbonyl (C=O) groups is 1. The van der Waals surface area contributed by atoms with Gasteiger partial charge in [-0.2, -0.15) is 0 Å². The molecule has 0 saturated heterocycles. The van der Waals surface area contributed by atoms with Crippen molar-refractivity contribution in [2.24, 2.45) is 0 Å². The minimum atomic E-state index is -0.0299. The van der Waals surface area contributed by atoms with Crippen molar-refractivity contribution in [2.45, 2.75) is 0 Å². The summed E-state index contributed by atoms with van der Waals surface area (Å²) in [4.78, 5) is 22.1. The van der Waals surface area contributed by atoms with Gasteiger partial charge in [0.1, 0.15) is 0 Å². The van der Waals surface area contributed by atoms with Gasteiger partial charge in [-0.05, 0) is 60.4 Å². The van der Waals surface area contributed by atoms with E-state index in [9.17, 15) is 4.79 Å². The Morgan fingerprint density at radius 2 is 2.00 bits per heavy atom. The van der Waals surface area contributed by atoms with Gasteiger partial charge in [0.25, 0.3) is 5.91 Å². The molecule has 0 aliphatic carbocycles. The number of aromatic nitrogens is 1. The molecule has 0 unspecified atom stereocenters. The molecule has 0 fully saturated rings. The van der Waals surface area contributed by atoms with Crippen molar-refractivity contribution in [3.05, 3.63) is 44.0 Å². The van der Waals surface area contributed by atoms with Crippen molar-refractivity contribution in [3.63, 3.8) is 0 Å². The maximum absolute atomic E-state index is 13.0. The number of thiophene rings is 1. The minimum absolute atomic E-state index is 0.0299. The Morgan fingerprint density at radius 1 is 1.21 bits per heavy atom. The Labute approximate surface area is 161 Å². The molecule has 2 aromatic heterocycles. The van der Waals surface area contributed by atoms with Crippen LogP contribution in [-0.4, -0.2) is 43.0 Å². The van der Waals surface area contributed by atoms with Crippen molar-refractivity contribution >= 4 is 71.5 Å². The zero-order chi connectivity index (χ0) is 17.3. The zero-order valence-electron chi connectivity index (χ0n) is 13.1. The maximum atomic E-state index is 13.0. The molecule has 24 heavy (non-hydrogen) atoms. The molecule has 1 amide bonds. The predicted octanol–water partition coefficient (Wildman–Crippen LogP) is 4.98. The Balaban J connectivity index is 1.97. The summed E-state index contributed by atoms with van der Waals surface area (Å²) < 4.78 is 1.92. The summed E-state index contributed by atoms with van der Waals surface area (Å²) in [5, 5.41) is 1.37. The van der Waals surface area contributed by atoms with Gasteiger partial charge in [0.05, 0.1) is 18.9 Å². The van der Waals surface area contributed by atoms with Crippen molar-refractivity contribution in [2.75, 3.05) is 32.1 Å². The van der Waals surface area contributed by atoms with Crippen molar-refractivity contribution in [3.8, 4) is 0 Å². The van der Waals surface area contributed by atoms with E-state index in [0.717, 1.165) is 20.5 Å². The number of halogens is 2. The van der Waals surface area contributed by atoms with Crippen LogP contribution in [0, 0.1) is 0 Å². The Kier molecular flexibility index (Phi) is 5.56. The van der Waals surface area contributed by atoms with Crippen molar-refractivity contribution < 1.29 is 4.79 Å². The van der Waals surface area contributed by atoms with E-state index in [1.165, 1.54) is 22.7 Å². The quantitative estimate of drug-likeness (QED) is 0.557. The molecule has 0 atom stereocenters. The van der Waals surface area contributed by atoms with Crippen molar-refractivity contribution in [1.29, 1.82) is 0 Å². The Hall–Kier alpha value is -0.990. The second-order valence-electron chi connectivity index (χ2n) is 5.47. The number of fused-ring (bicyclic) bond motifs is 1. The molecule has 126 valence electrons. The molecule has 0 radical (unpaired) electrons. The lowest BCUT2D eigenvalue weighted by atomic mass is 10.3. The first-order valence-electron chi connectivity index (χ1n) is 7.22. The fourth-order valence-electron chi connectivity index (χ4n) is 2.15. The smallest absolute Gasteiger partial charge is 0.270 e. The molecule has 0 aliphatic heterocycles. The summed E-state index contributed by atoms with van der Waals surface area (Å²) in [5.74, 6) is -0.0299. The second kappa shape index (κ2) is 7.49. The number of thiazole rings is 1. The number of rotatable bonds is 5. The van der Waals surface area contributed by atoms with Crippen LogP contribution >= 0.6 is 50.2 Å². The van der Waals surface area contributed by atoms with Gasteiger partial charge in [-0.3, -0.25) is 9.69 Å².